The molecule has 0 aliphatic carbocycles. The van der Waals surface area contributed by atoms with Crippen molar-refractivity contribution in [1.29, 1.82) is 0 Å². The molecule has 0 bridgehead atoms. The first-order chi connectivity index (χ1) is 7.51. The third-order valence-corrected chi connectivity index (χ3v) is 3.10. The molecule has 0 spiro atoms. The topological polar surface area (TPSA) is 52.6 Å². The van der Waals surface area contributed by atoms with Crippen molar-refractivity contribution in [2.75, 3.05) is 14.2 Å². The van der Waals surface area contributed by atoms with Gasteiger partial charge in [-0.3, -0.25) is 0 Å². The van der Waals surface area contributed by atoms with Gasteiger partial charge in [-0.25, -0.2) is 9.59 Å². The summed E-state index contributed by atoms with van der Waals surface area (Å²) in [5, 5.41) is 0. The number of ether oxygens (including phenoxy) is 2. The molecule has 0 aromatic heterocycles. The largest absolute Gasteiger partial charge is 0.465 e. The Kier molecular flexibility index (Phi) is 4.49. The van der Waals surface area contributed by atoms with E-state index in [-0.39, 0.29) is 0 Å². The highest BCUT2D eigenvalue weighted by Crippen LogP contribution is 2.28. The number of halogens is 2. The van der Waals surface area contributed by atoms with E-state index in [2.05, 4.69) is 41.3 Å². The first-order valence-electron chi connectivity index (χ1n) is 4.17. The van der Waals surface area contributed by atoms with E-state index in [9.17, 15) is 9.59 Å². The summed E-state index contributed by atoms with van der Waals surface area (Å²) in [5.41, 5.74) is 0.670. The molecule has 0 saturated carbocycles. The van der Waals surface area contributed by atoms with Crippen LogP contribution in [0.25, 0.3) is 0 Å². The summed E-state index contributed by atoms with van der Waals surface area (Å²) in [6.07, 6.45) is 0. The van der Waals surface area contributed by atoms with Crippen LogP contribution < -0.4 is 0 Å². The summed E-state index contributed by atoms with van der Waals surface area (Å²) in [4.78, 5) is 22.7. The Morgan fingerprint density at radius 1 is 1.00 bits per heavy atom. The van der Waals surface area contributed by atoms with Crippen molar-refractivity contribution in [2.24, 2.45) is 0 Å². The molecule has 0 fully saturated rings. The Balaban J connectivity index is 3.28. The van der Waals surface area contributed by atoms with Crippen LogP contribution in [0.3, 0.4) is 0 Å². The van der Waals surface area contributed by atoms with Crippen molar-refractivity contribution >= 4 is 43.8 Å². The highest BCUT2D eigenvalue weighted by molar-refractivity contribution is 9.11. The smallest absolute Gasteiger partial charge is 0.340 e. The second-order valence-corrected chi connectivity index (χ2v) is 4.51. The van der Waals surface area contributed by atoms with Crippen molar-refractivity contribution in [3.05, 3.63) is 32.2 Å². The second-order valence-electron chi connectivity index (χ2n) is 2.80. The predicted octanol–water partition coefficient (Wildman–Crippen LogP) is 2.78. The number of esters is 2. The zero-order valence-electron chi connectivity index (χ0n) is 8.54. The molecule has 86 valence electrons. The maximum absolute atomic E-state index is 11.4. The van der Waals surface area contributed by atoms with Crippen LogP contribution in [0.2, 0.25) is 0 Å². The maximum Gasteiger partial charge on any atom is 0.340 e. The molecule has 0 saturated heterocycles. The van der Waals surface area contributed by atoms with Crippen LogP contribution in [0.5, 0.6) is 0 Å². The summed E-state index contributed by atoms with van der Waals surface area (Å²) in [6, 6.07) is 3.01. The molecule has 6 heteroatoms. The molecule has 0 heterocycles. The summed E-state index contributed by atoms with van der Waals surface area (Å²) < 4.78 is 10.1. The van der Waals surface area contributed by atoms with E-state index in [0.29, 0.717) is 20.1 Å². The van der Waals surface area contributed by atoms with Crippen molar-refractivity contribution in [3.63, 3.8) is 0 Å². The molecule has 0 amide bonds. The normalized spacial score (nSPS) is 9.75. The predicted molar refractivity (Wildman–Crippen MR) is 64.5 cm³/mol. The van der Waals surface area contributed by atoms with Crippen LogP contribution in [0.15, 0.2) is 21.1 Å². The highest BCUT2D eigenvalue weighted by atomic mass is 79.9. The van der Waals surface area contributed by atoms with E-state index in [4.69, 9.17) is 0 Å². The number of methoxy groups -OCH3 is 2. The lowest BCUT2D eigenvalue weighted by molar-refractivity contribution is 0.0585. The minimum atomic E-state index is -0.491. The number of rotatable bonds is 2. The molecular weight excluding hydrogens is 344 g/mol. The van der Waals surface area contributed by atoms with Crippen LogP contribution in [-0.2, 0) is 9.47 Å². The van der Waals surface area contributed by atoms with Gasteiger partial charge in [-0.05, 0) is 44.0 Å². The number of hydrogen-bond acceptors (Lipinski definition) is 4. The van der Waals surface area contributed by atoms with Crippen molar-refractivity contribution < 1.29 is 19.1 Å². The van der Waals surface area contributed by atoms with Gasteiger partial charge in [0.25, 0.3) is 0 Å². The Morgan fingerprint density at radius 3 is 1.81 bits per heavy atom. The SMILES string of the molecule is COC(=O)c1cc(Br)c(C(=O)OC)c(Br)c1. The molecule has 0 unspecified atom stereocenters. The fraction of sp³-hybridized carbons (Fsp3) is 0.200. The summed E-state index contributed by atoms with van der Waals surface area (Å²) >= 11 is 6.40. The summed E-state index contributed by atoms with van der Waals surface area (Å²) in [7, 11) is 2.58. The lowest BCUT2D eigenvalue weighted by Crippen LogP contribution is -2.07. The van der Waals surface area contributed by atoms with E-state index in [1.165, 1.54) is 26.4 Å². The fourth-order valence-corrected chi connectivity index (χ4v) is 2.62. The van der Waals surface area contributed by atoms with Gasteiger partial charge in [0.15, 0.2) is 0 Å². The van der Waals surface area contributed by atoms with Gasteiger partial charge in [-0.1, -0.05) is 0 Å². The van der Waals surface area contributed by atoms with Gasteiger partial charge in [0.2, 0.25) is 0 Å². The van der Waals surface area contributed by atoms with Gasteiger partial charge in [0, 0.05) is 8.95 Å². The Morgan fingerprint density at radius 2 is 1.44 bits per heavy atom. The van der Waals surface area contributed by atoms with Gasteiger partial charge in [0.1, 0.15) is 0 Å². The molecule has 0 N–H and O–H groups in total. The molecule has 16 heavy (non-hydrogen) atoms. The molecular formula is C10H8Br2O4. The summed E-state index contributed by atoms with van der Waals surface area (Å²) in [6.45, 7) is 0. The Hall–Kier alpha value is -0.880. The van der Waals surface area contributed by atoms with E-state index >= 15 is 0 Å². The average molecular weight is 352 g/mol. The quantitative estimate of drug-likeness (QED) is 0.769. The van der Waals surface area contributed by atoms with Crippen LogP contribution in [0, 0.1) is 0 Å². The molecule has 1 rings (SSSR count). The number of carbonyl (C=O) groups excluding carboxylic acids is 2. The zero-order chi connectivity index (χ0) is 12.3. The number of hydrogen-bond donors (Lipinski definition) is 0. The molecule has 4 nitrogen and oxygen atoms in total. The number of carbonyl (C=O) groups is 2. The molecule has 0 atom stereocenters. The van der Waals surface area contributed by atoms with Gasteiger partial charge >= 0.3 is 11.9 Å². The molecule has 1 aromatic carbocycles. The van der Waals surface area contributed by atoms with Crippen molar-refractivity contribution in [2.45, 2.75) is 0 Å². The summed E-state index contributed by atoms with van der Waals surface area (Å²) in [5.74, 6) is -0.965. The Bertz CT molecular complexity index is 419. The van der Waals surface area contributed by atoms with Gasteiger partial charge in [-0.15, -0.1) is 0 Å². The van der Waals surface area contributed by atoms with Gasteiger partial charge in [0.05, 0.1) is 25.3 Å². The van der Waals surface area contributed by atoms with Gasteiger partial charge < -0.3 is 9.47 Å². The molecule has 0 aliphatic rings. The maximum atomic E-state index is 11.4. The monoisotopic (exact) mass is 350 g/mol. The van der Waals surface area contributed by atoms with E-state index in [1.54, 1.807) is 0 Å². The lowest BCUT2D eigenvalue weighted by atomic mass is 10.1. The molecule has 1 aromatic rings. The standard InChI is InChI=1S/C10H8Br2O4/c1-15-9(13)5-3-6(11)8(7(12)4-5)10(14)16-2/h3-4H,1-2H3. The second kappa shape index (κ2) is 5.45. The van der Waals surface area contributed by atoms with Crippen LogP contribution in [0.4, 0.5) is 0 Å². The van der Waals surface area contributed by atoms with Crippen molar-refractivity contribution in [3.8, 4) is 0 Å². The number of benzene rings is 1. The van der Waals surface area contributed by atoms with Crippen LogP contribution >= 0.6 is 31.9 Å². The Labute approximate surface area is 109 Å². The molecule has 0 aliphatic heterocycles. The third-order valence-electron chi connectivity index (χ3n) is 1.85. The van der Waals surface area contributed by atoms with E-state index in [1.807, 2.05) is 0 Å². The van der Waals surface area contributed by atoms with E-state index in [0.717, 1.165) is 0 Å². The first-order valence-corrected chi connectivity index (χ1v) is 5.75. The van der Waals surface area contributed by atoms with Crippen LogP contribution in [0.1, 0.15) is 20.7 Å². The van der Waals surface area contributed by atoms with Crippen LogP contribution in [-0.4, -0.2) is 26.2 Å². The first kappa shape index (κ1) is 13.2. The average Bonchev–Trinajstić information content (AvgIpc) is 2.26. The lowest BCUT2D eigenvalue weighted by Gasteiger charge is -2.07. The zero-order valence-corrected chi connectivity index (χ0v) is 11.7. The minimum Gasteiger partial charge on any atom is -0.465 e. The fourth-order valence-electron chi connectivity index (χ4n) is 1.11. The minimum absolute atomic E-state index is 0.329. The van der Waals surface area contributed by atoms with Crippen molar-refractivity contribution in [1.82, 2.24) is 0 Å². The third kappa shape index (κ3) is 2.62. The molecule has 0 radical (unpaired) electrons. The highest BCUT2D eigenvalue weighted by Gasteiger charge is 2.18. The van der Waals surface area contributed by atoms with Gasteiger partial charge in [-0.2, -0.15) is 0 Å². The van der Waals surface area contributed by atoms with E-state index < -0.39 is 11.9 Å².